The molecule has 0 bridgehead atoms. The Hall–Kier alpha value is -2.84. The van der Waals surface area contributed by atoms with Crippen LogP contribution in [0.5, 0.6) is 5.75 Å². The number of carbonyl (C=O) groups excluding carboxylic acids is 3. The Morgan fingerprint density at radius 1 is 1.14 bits per heavy atom. The van der Waals surface area contributed by atoms with Crippen LogP contribution in [-0.4, -0.2) is 41.6 Å². The summed E-state index contributed by atoms with van der Waals surface area (Å²) in [5.41, 5.74) is 0.615. The third-order valence-electron chi connectivity index (χ3n) is 3.88. The average molecular weight is 435 g/mol. The van der Waals surface area contributed by atoms with Gasteiger partial charge in [-0.3, -0.25) is 19.3 Å². The van der Waals surface area contributed by atoms with E-state index in [4.69, 9.17) is 16.3 Å². The van der Waals surface area contributed by atoms with E-state index >= 15 is 0 Å². The second kappa shape index (κ2) is 9.58. The molecule has 1 N–H and O–H groups in total. The molecule has 9 heteroatoms. The lowest BCUT2D eigenvalue weighted by Gasteiger charge is -2.13. The Labute approximate surface area is 175 Å². The standard InChI is InChI=1S/C20H16ClFN2O4S/c21-14-3-7-16(8-4-14)28-12-18(25)23-9-10-24-19(26)17(29-20(24)27)11-13-1-5-15(22)6-2-13/h1-8,11H,9-10,12H2,(H,23,25). The van der Waals surface area contributed by atoms with Gasteiger partial charge in [0.1, 0.15) is 11.6 Å². The highest BCUT2D eigenvalue weighted by atomic mass is 35.5. The minimum atomic E-state index is -0.448. The maximum atomic E-state index is 13.0. The first kappa shape index (κ1) is 20.9. The highest BCUT2D eigenvalue weighted by molar-refractivity contribution is 8.18. The molecule has 0 aliphatic carbocycles. The summed E-state index contributed by atoms with van der Waals surface area (Å²) in [5, 5.41) is 2.74. The second-order valence-electron chi connectivity index (χ2n) is 5.98. The van der Waals surface area contributed by atoms with Crippen LogP contribution >= 0.6 is 23.4 Å². The van der Waals surface area contributed by atoms with E-state index in [-0.39, 0.29) is 36.3 Å². The average Bonchev–Trinajstić information content (AvgIpc) is 2.96. The lowest BCUT2D eigenvalue weighted by atomic mass is 10.2. The van der Waals surface area contributed by atoms with E-state index in [1.807, 2.05) is 0 Å². The van der Waals surface area contributed by atoms with Crippen LogP contribution in [0.4, 0.5) is 9.18 Å². The van der Waals surface area contributed by atoms with Gasteiger partial charge in [-0.2, -0.15) is 0 Å². The van der Waals surface area contributed by atoms with Crippen molar-refractivity contribution in [2.75, 3.05) is 19.7 Å². The molecule has 2 aromatic carbocycles. The molecule has 2 aromatic rings. The molecule has 0 aromatic heterocycles. The number of thioether (sulfide) groups is 1. The van der Waals surface area contributed by atoms with Crippen LogP contribution in [0.15, 0.2) is 53.4 Å². The van der Waals surface area contributed by atoms with Gasteiger partial charge in [0.15, 0.2) is 6.61 Å². The maximum absolute atomic E-state index is 13.0. The summed E-state index contributed by atoms with van der Waals surface area (Å²) in [5.74, 6) is -0.711. The molecule has 0 unspecified atom stereocenters. The number of nitrogens with zero attached hydrogens (tertiary/aromatic N) is 1. The highest BCUT2D eigenvalue weighted by Gasteiger charge is 2.34. The third kappa shape index (κ3) is 5.82. The molecular formula is C20H16ClFN2O4S. The van der Waals surface area contributed by atoms with Gasteiger partial charge < -0.3 is 10.1 Å². The number of amides is 3. The third-order valence-corrected chi connectivity index (χ3v) is 5.04. The van der Waals surface area contributed by atoms with Crippen molar-refractivity contribution in [1.29, 1.82) is 0 Å². The summed E-state index contributed by atoms with van der Waals surface area (Å²) in [7, 11) is 0. The van der Waals surface area contributed by atoms with Gasteiger partial charge in [0.2, 0.25) is 0 Å². The fraction of sp³-hybridized carbons (Fsp3) is 0.150. The highest BCUT2D eigenvalue weighted by Crippen LogP contribution is 2.31. The van der Waals surface area contributed by atoms with E-state index in [1.165, 1.54) is 30.3 Å². The summed E-state index contributed by atoms with van der Waals surface area (Å²) < 4.78 is 18.3. The van der Waals surface area contributed by atoms with Crippen molar-refractivity contribution in [2.45, 2.75) is 0 Å². The van der Waals surface area contributed by atoms with Crippen molar-refractivity contribution in [3.05, 3.63) is 69.8 Å². The molecule has 1 heterocycles. The van der Waals surface area contributed by atoms with E-state index < -0.39 is 11.1 Å². The van der Waals surface area contributed by atoms with E-state index in [0.29, 0.717) is 16.3 Å². The summed E-state index contributed by atoms with van der Waals surface area (Å²) in [6.45, 7) is -0.0587. The zero-order chi connectivity index (χ0) is 20.8. The number of benzene rings is 2. The molecule has 6 nitrogen and oxygen atoms in total. The zero-order valence-electron chi connectivity index (χ0n) is 15.1. The van der Waals surface area contributed by atoms with E-state index in [2.05, 4.69) is 5.32 Å². The van der Waals surface area contributed by atoms with Crippen LogP contribution in [0.1, 0.15) is 5.56 Å². The molecule has 0 spiro atoms. The molecule has 1 fully saturated rings. The van der Waals surface area contributed by atoms with Crippen LogP contribution in [0.3, 0.4) is 0 Å². The fourth-order valence-corrected chi connectivity index (χ4v) is 3.43. The van der Waals surface area contributed by atoms with Gasteiger partial charge in [-0.05, 0) is 59.8 Å². The molecule has 1 aliphatic heterocycles. The van der Waals surface area contributed by atoms with Gasteiger partial charge in [-0.15, -0.1) is 0 Å². The molecule has 1 saturated heterocycles. The number of nitrogens with one attached hydrogen (secondary N) is 1. The normalized spacial score (nSPS) is 15.1. The molecule has 3 rings (SSSR count). The monoisotopic (exact) mass is 434 g/mol. The number of carbonyl (C=O) groups is 3. The van der Waals surface area contributed by atoms with Crippen molar-refractivity contribution in [2.24, 2.45) is 0 Å². The first-order valence-electron chi connectivity index (χ1n) is 8.58. The molecule has 29 heavy (non-hydrogen) atoms. The molecule has 0 radical (unpaired) electrons. The van der Waals surface area contributed by atoms with Gasteiger partial charge in [-0.25, -0.2) is 4.39 Å². The molecule has 3 amide bonds. The quantitative estimate of drug-likeness (QED) is 0.672. The van der Waals surface area contributed by atoms with Crippen molar-refractivity contribution in [1.82, 2.24) is 10.2 Å². The van der Waals surface area contributed by atoms with Crippen molar-refractivity contribution in [3.8, 4) is 5.75 Å². The summed E-state index contributed by atoms with van der Waals surface area (Å²) in [6, 6.07) is 12.2. The van der Waals surface area contributed by atoms with Crippen LogP contribution in [-0.2, 0) is 9.59 Å². The molecule has 0 saturated carbocycles. The number of imide groups is 1. The number of hydrogen-bond donors (Lipinski definition) is 1. The van der Waals surface area contributed by atoms with E-state index in [9.17, 15) is 18.8 Å². The summed E-state index contributed by atoms with van der Waals surface area (Å²) in [4.78, 5) is 37.6. The maximum Gasteiger partial charge on any atom is 0.293 e. The van der Waals surface area contributed by atoms with Crippen molar-refractivity contribution >= 4 is 46.5 Å². The lowest BCUT2D eigenvalue weighted by Crippen LogP contribution is -2.38. The fourth-order valence-electron chi connectivity index (χ4n) is 2.44. The van der Waals surface area contributed by atoms with Crippen LogP contribution in [0.25, 0.3) is 6.08 Å². The van der Waals surface area contributed by atoms with Crippen LogP contribution in [0, 0.1) is 5.82 Å². The van der Waals surface area contributed by atoms with Crippen LogP contribution in [0.2, 0.25) is 5.02 Å². The van der Waals surface area contributed by atoms with Gasteiger partial charge in [0, 0.05) is 18.1 Å². The Bertz CT molecular complexity index is 948. The molecular weight excluding hydrogens is 419 g/mol. The molecule has 1 aliphatic rings. The number of hydrogen-bond acceptors (Lipinski definition) is 5. The van der Waals surface area contributed by atoms with Gasteiger partial charge in [0.25, 0.3) is 17.1 Å². The SMILES string of the molecule is O=C(COc1ccc(Cl)cc1)NCCN1C(=O)SC(=Cc2ccc(F)cc2)C1=O. The van der Waals surface area contributed by atoms with Crippen LogP contribution < -0.4 is 10.1 Å². The summed E-state index contributed by atoms with van der Waals surface area (Å²) >= 11 is 6.58. The Kier molecular flexibility index (Phi) is 6.90. The molecule has 0 atom stereocenters. The first-order chi connectivity index (χ1) is 13.9. The predicted octanol–water partition coefficient (Wildman–Crippen LogP) is 3.71. The minimum Gasteiger partial charge on any atom is -0.484 e. The Morgan fingerprint density at radius 3 is 2.52 bits per heavy atom. The van der Waals surface area contributed by atoms with E-state index in [1.54, 1.807) is 24.3 Å². The largest absolute Gasteiger partial charge is 0.484 e. The van der Waals surface area contributed by atoms with E-state index in [0.717, 1.165) is 16.7 Å². The second-order valence-corrected chi connectivity index (χ2v) is 7.41. The Balaban J connectivity index is 1.47. The molecule has 150 valence electrons. The van der Waals surface area contributed by atoms with Crippen molar-refractivity contribution < 1.29 is 23.5 Å². The minimum absolute atomic E-state index is 0.0398. The number of halogens is 2. The number of ether oxygens (including phenoxy) is 1. The zero-order valence-corrected chi connectivity index (χ0v) is 16.6. The predicted molar refractivity (Wildman–Crippen MR) is 109 cm³/mol. The van der Waals surface area contributed by atoms with Gasteiger partial charge in [-0.1, -0.05) is 23.7 Å². The smallest absolute Gasteiger partial charge is 0.293 e. The topological polar surface area (TPSA) is 75.7 Å². The first-order valence-corrected chi connectivity index (χ1v) is 9.78. The lowest BCUT2D eigenvalue weighted by molar-refractivity contribution is -0.125. The Morgan fingerprint density at radius 2 is 1.83 bits per heavy atom. The van der Waals surface area contributed by atoms with Gasteiger partial charge >= 0.3 is 0 Å². The van der Waals surface area contributed by atoms with Gasteiger partial charge in [0.05, 0.1) is 4.91 Å². The summed E-state index contributed by atoms with van der Waals surface area (Å²) in [6.07, 6.45) is 1.53. The van der Waals surface area contributed by atoms with Crippen molar-refractivity contribution in [3.63, 3.8) is 0 Å². The number of rotatable bonds is 7.